The second kappa shape index (κ2) is 3.23. The van der Waals surface area contributed by atoms with Gasteiger partial charge >= 0.3 is 0 Å². The molecule has 0 aromatic rings. The molecule has 4 N–H and O–H groups in total. The van der Waals surface area contributed by atoms with Gasteiger partial charge in [-0.1, -0.05) is 0 Å². The molecule has 3 nitrogen and oxygen atoms in total. The molecular formula is C10H20N2O. The van der Waals surface area contributed by atoms with Gasteiger partial charge in [0.1, 0.15) is 11.4 Å². The average Bonchev–Trinajstić information content (AvgIpc) is 2.60. The van der Waals surface area contributed by atoms with E-state index in [2.05, 4.69) is 0 Å². The predicted molar refractivity (Wildman–Crippen MR) is 51.9 cm³/mol. The fraction of sp³-hybridized carbons (Fsp3) is 1.00. The molecule has 13 heavy (non-hydrogen) atoms. The van der Waals surface area contributed by atoms with Gasteiger partial charge in [-0.2, -0.15) is 0 Å². The van der Waals surface area contributed by atoms with Gasteiger partial charge in [0.25, 0.3) is 0 Å². The highest BCUT2D eigenvalue weighted by molar-refractivity contribution is 4.88. The van der Waals surface area contributed by atoms with Gasteiger partial charge in [0.2, 0.25) is 0 Å². The zero-order chi connectivity index (χ0) is 9.36. The third-order valence-electron chi connectivity index (χ3n) is 3.31. The Morgan fingerprint density at radius 1 is 0.692 bits per heavy atom. The highest BCUT2D eigenvalue weighted by Gasteiger charge is 2.40. The van der Waals surface area contributed by atoms with Crippen molar-refractivity contribution in [1.82, 2.24) is 0 Å². The van der Waals surface area contributed by atoms with Gasteiger partial charge in [-0.15, -0.1) is 0 Å². The van der Waals surface area contributed by atoms with Crippen molar-refractivity contribution in [2.45, 2.75) is 62.8 Å². The summed E-state index contributed by atoms with van der Waals surface area (Å²) in [4.78, 5) is 0. The first-order valence-corrected chi connectivity index (χ1v) is 5.40. The van der Waals surface area contributed by atoms with Gasteiger partial charge in [0.05, 0.1) is 0 Å². The Balaban J connectivity index is 1.95. The molecule has 0 amide bonds. The molecule has 0 aliphatic heterocycles. The van der Waals surface area contributed by atoms with E-state index in [1.165, 1.54) is 25.7 Å². The second-order valence-corrected chi connectivity index (χ2v) is 4.65. The van der Waals surface area contributed by atoms with Crippen LogP contribution in [0.15, 0.2) is 0 Å². The quantitative estimate of drug-likeness (QED) is 0.639. The molecule has 2 aliphatic carbocycles. The maximum atomic E-state index is 6.12. The van der Waals surface area contributed by atoms with Crippen molar-refractivity contribution < 1.29 is 4.74 Å². The van der Waals surface area contributed by atoms with Crippen LogP contribution in [0.2, 0.25) is 0 Å². The first-order valence-electron chi connectivity index (χ1n) is 5.40. The molecule has 2 fully saturated rings. The molecule has 0 unspecified atom stereocenters. The summed E-state index contributed by atoms with van der Waals surface area (Å²) >= 11 is 0. The number of hydrogen-bond donors (Lipinski definition) is 2. The van der Waals surface area contributed by atoms with E-state index in [1.54, 1.807) is 0 Å². The standard InChI is InChI=1S/C10H20N2O/c11-9(5-1-2-6-9)13-10(12)7-3-4-8-10/h1-8,11-12H2. The van der Waals surface area contributed by atoms with Crippen LogP contribution in [0.5, 0.6) is 0 Å². The minimum atomic E-state index is -0.404. The summed E-state index contributed by atoms with van der Waals surface area (Å²) in [5.74, 6) is 0. The van der Waals surface area contributed by atoms with Crippen molar-refractivity contribution in [3.63, 3.8) is 0 Å². The van der Waals surface area contributed by atoms with E-state index in [0.29, 0.717) is 0 Å². The molecule has 0 aromatic carbocycles. The predicted octanol–water partition coefficient (Wildman–Crippen LogP) is 1.46. The Hall–Kier alpha value is -0.120. The second-order valence-electron chi connectivity index (χ2n) is 4.65. The molecule has 0 atom stereocenters. The van der Waals surface area contributed by atoms with E-state index in [1.807, 2.05) is 0 Å². The molecule has 0 aromatic heterocycles. The summed E-state index contributed by atoms with van der Waals surface area (Å²) in [5.41, 5.74) is 11.4. The van der Waals surface area contributed by atoms with E-state index >= 15 is 0 Å². The Bertz CT molecular complexity index is 161. The topological polar surface area (TPSA) is 61.3 Å². The highest BCUT2D eigenvalue weighted by atomic mass is 16.5. The monoisotopic (exact) mass is 184 g/mol. The SMILES string of the molecule is NC1(OC2(N)CCCC2)CCCC1. The normalized spacial score (nSPS) is 30.9. The van der Waals surface area contributed by atoms with E-state index in [-0.39, 0.29) is 0 Å². The molecule has 0 spiro atoms. The van der Waals surface area contributed by atoms with E-state index in [4.69, 9.17) is 16.2 Å². The summed E-state index contributed by atoms with van der Waals surface area (Å²) in [5, 5.41) is 0. The molecule has 0 bridgehead atoms. The average molecular weight is 184 g/mol. The molecule has 0 radical (unpaired) electrons. The summed E-state index contributed by atoms with van der Waals surface area (Å²) in [6.45, 7) is 0. The molecular weight excluding hydrogens is 164 g/mol. The maximum Gasteiger partial charge on any atom is 0.119 e. The zero-order valence-corrected chi connectivity index (χ0v) is 8.22. The molecule has 0 saturated heterocycles. The van der Waals surface area contributed by atoms with Crippen LogP contribution in [0.4, 0.5) is 0 Å². The van der Waals surface area contributed by atoms with Crippen LogP contribution in [-0.2, 0) is 4.74 Å². The van der Waals surface area contributed by atoms with Crippen molar-refractivity contribution in [2.24, 2.45) is 11.5 Å². The van der Waals surface area contributed by atoms with Gasteiger partial charge in [0.15, 0.2) is 0 Å². The van der Waals surface area contributed by atoms with E-state index in [0.717, 1.165) is 25.7 Å². The largest absolute Gasteiger partial charge is 0.340 e. The van der Waals surface area contributed by atoms with Crippen LogP contribution >= 0.6 is 0 Å². The lowest BCUT2D eigenvalue weighted by molar-refractivity contribution is -0.146. The third kappa shape index (κ3) is 2.03. The lowest BCUT2D eigenvalue weighted by Crippen LogP contribution is -2.52. The molecule has 76 valence electrons. The van der Waals surface area contributed by atoms with Gasteiger partial charge in [0, 0.05) is 0 Å². The van der Waals surface area contributed by atoms with Crippen molar-refractivity contribution in [1.29, 1.82) is 0 Å². The smallest absolute Gasteiger partial charge is 0.119 e. The summed E-state index contributed by atoms with van der Waals surface area (Å²) in [7, 11) is 0. The summed E-state index contributed by atoms with van der Waals surface area (Å²) < 4.78 is 5.90. The van der Waals surface area contributed by atoms with Gasteiger partial charge in [-0.05, 0) is 51.4 Å². The maximum absolute atomic E-state index is 6.12. The lowest BCUT2D eigenvalue weighted by atomic mass is 10.1. The number of nitrogens with two attached hydrogens (primary N) is 2. The first kappa shape index (κ1) is 9.44. The fourth-order valence-electron chi connectivity index (χ4n) is 2.56. The van der Waals surface area contributed by atoms with Gasteiger partial charge in [-0.25, -0.2) is 0 Å². The summed E-state index contributed by atoms with van der Waals surface area (Å²) in [6.07, 6.45) is 8.66. The number of hydrogen-bond acceptors (Lipinski definition) is 3. The zero-order valence-electron chi connectivity index (χ0n) is 8.22. The lowest BCUT2D eigenvalue weighted by Gasteiger charge is -2.35. The Kier molecular flexibility index (Phi) is 2.34. The fourth-order valence-corrected chi connectivity index (χ4v) is 2.56. The molecule has 3 heteroatoms. The first-order chi connectivity index (χ1) is 6.12. The highest BCUT2D eigenvalue weighted by Crippen LogP contribution is 2.37. The molecule has 0 heterocycles. The van der Waals surface area contributed by atoms with E-state index in [9.17, 15) is 0 Å². The van der Waals surface area contributed by atoms with E-state index < -0.39 is 11.4 Å². The molecule has 2 rings (SSSR count). The van der Waals surface area contributed by atoms with Crippen molar-refractivity contribution >= 4 is 0 Å². The van der Waals surface area contributed by atoms with Crippen LogP contribution in [-0.4, -0.2) is 11.4 Å². The Morgan fingerprint density at radius 3 is 1.31 bits per heavy atom. The van der Waals surface area contributed by atoms with Crippen molar-refractivity contribution in [3.05, 3.63) is 0 Å². The summed E-state index contributed by atoms with van der Waals surface area (Å²) in [6, 6.07) is 0. The number of ether oxygens (including phenoxy) is 1. The van der Waals surface area contributed by atoms with Crippen LogP contribution in [0.1, 0.15) is 51.4 Å². The minimum absolute atomic E-state index is 0.404. The van der Waals surface area contributed by atoms with Crippen LogP contribution in [0.3, 0.4) is 0 Å². The minimum Gasteiger partial charge on any atom is -0.340 e. The van der Waals surface area contributed by atoms with Crippen molar-refractivity contribution in [2.75, 3.05) is 0 Å². The van der Waals surface area contributed by atoms with Gasteiger partial charge in [-0.3, -0.25) is 0 Å². The van der Waals surface area contributed by atoms with Gasteiger partial charge < -0.3 is 16.2 Å². The molecule has 2 saturated carbocycles. The Labute approximate surface area is 79.8 Å². The van der Waals surface area contributed by atoms with Crippen LogP contribution in [0, 0.1) is 0 Å². The van der Waals surface area contributed by atoms with Crippen LogP contribution in [0.25, 0.3) is 0 Å². The van der Waals surface area contributed by atoms with Crippen LogP contribution < -0.4 is 11.5 Å². The van der Waals surface area contributed by atoms with Crippen molar-refractivity contribution in [3.8, 4) is 0 Å². The Morgan fingerprint density at radius 2 is 1.00 bits per heavy atom. The molecule has 2 aliphatic rings. The number of rotatable bonds is 2. The third-order valence-corrected chi connectivity index (χ3v) is 3.31.